The lowest BCUT2D eigenvalue weighted by atomic mass is 10.1. The molecule has 0 radical (unpaired) electrons. The number of nitrogens with two attached hydrogens (primary N) is 1. The molecule has 1 saturated heterocycles. The van der Waals surface area contributed by atoms with E-state index in [1.54, 1.807) is 47.4 Å². The molecule has 3 N–H and O–H groups in total. The number of ether oxygens (including phenoxy) is 1. The predicted molar refractivity (Wildman–Crippen MR) is 117 cm³/mol. The molecule has 1 aliphatic heterocycles. The van der Waals surface area contributed by atoms with E-state index in [2.05, 4.69) is 17.0 Å². The highest BCUT2D eigenvalue weighted by atomic mass is 35.5. The molecule has 0 aliphatic carbocycles. The van der Waals surface area contributed by atoms with Crippen LogP contribution in [-0.4, -0.2) is 55.8 Å². The van der Waals surface area contributed by atoms with Crippen LogP contribution < -0.4 is 11.1 Å². The molecule has 30 heavy (non-hydrogen) atoms. The summed E-state index contributed by atoms with van der Waals surface area (Å²) in [6.45, 7) is 4.81. The van der Waals surface area contributed by atoms with Gasteiger partial charge in [0.15, 0.2) is 0 Å². The summed E-state index contributed by atoms with van der Waals surface area (Å²) in [4.78, 5) is 30.9. The maximum atomic E-state index is 13.0. The van der Waals surface area contributed by atoms with Gasteiger partial charge in [-0.1, -0.05) is 35.3 Å². The van der Waals surface area contributed by atoms with E-state index in [1.807, 2.05) is 0 Å². The molecule has 0 bridgehead atoms. The number of benzene rings is 2. The van der Waals surface area contributed by atoms with E-state index in [0.717, 1.165) is 5.56 Å². The summed E-state index contributed by atoms with van der Waals surface area (Å²) in [6, 6.07) is 11.2. The molecule has 9 heteroatoms. The maximum Gasteiger partial charge on any atom is 0.254 e. The van der Waals surface area contributed by atoms with Crippen molar-refractivity contribution in [1.29, 1.82) is 0 Å². The SMILES string of the molecule is C=NC(N)c1ccc(C(=O)NCC2COCCN2C(=O)c2cc(Cl)cc(Cl)c2)cc1. The van der Waals surface area contributed by atoms with Gasteiger partial charge in [-0.25, -0.2) is 0 Å². The van der Waals surface area contributed by atoms with E-state index in [9.17, 15) is 9.59 Å². The van der Waals surface area contributed by atoms with E-state index in [0.29, 0.717) is 40.9 Å². The van der Waals surface area contributed by atoms with Crippen LogP contribution in [0.2, 0.25) is 10.0 Å². The summed E-state index contributed by atoms with van der Waals surface area (Å²) in [7, 11) is 0. The monoisotopic (exact) mass is 448 g/mol. The van der Waals surface area contributed by atoms with Crippen LogP contribution in [0.1, 0.15) is 32.4 Å². The third-order valence-electron chi connectivity index (χ3n) is 4.81. The fraction of sp³-hybridized carbons (Fsp3) is 0.286. The highest BCUT2D eigenvalue weighted by molar-refractivity contribution is 6.35. The van der Waals surface area contributed by atoms with Crippen LogP contribution in [-0.2, 0) is 4.74 Å². The average molecular weight is 449 g/mol. The molecule has 2 atom stereocenters. The number of amides is 2. The van der Waals surface area contributed by atoms with Crippen LogP contribution in [0.3, 0.4) is 0 Å². The Bertz CT molecular complexity index is 916. The Labute approximate surface area is 184 Å². The Kier molecular flexibility index (Phi) is 7.44. The van der Waals surface area contributed by atoms with Crippen LogP contribution in [0.4, 0.5) is 0 Å². The topological polar surface area (TPSA) is 97.0 Å². The smallest absolute Gasteiger partial charge is 0.254 e. The van der Waals surface area contributed by atoms with E-state index >= 15 is 0 Å². The lowest BCUT2D eigenvalue weighted by molar-refractivity contribution is -0.00129. The van der Waals surface area contributed by atoms with Gasteiger partial charge >= 0.3 is 0 Å². The third kappa shape index (κ3) is 5.37. The minimum Gasteiger partial charge on any atom is -0.377 e. The zero-order valence-electron chi connectivity index (χ0n) is 16.2. The number of rotatable bonds is 6. The molecule has 0 spiro atoms. The van der Waals surface area contributed by atoms with E-state index in [-0.39, 0.29) is 24.4 Å². The molecule has 1 heterocycles. The fourth-order valence-corrected chi connectivity index (χ4v) is 3.71. The second-order valence-corrected chi connectivity index (χ2v) is 7.72. The third-order valence-corrected chi connectivity index (χ3v) is 5.24. The van der Waals surface area contributed by atoms with Gasteiger partial charge in [-0.3, -0.25) is 14.6 Å². The zero-order chi connectivity index (χ0) is 21.7. The first kappa shape index (κ1) is 22.2. The zero-order valence-corrected chi connectivity index (χ0v) is 17.7. The minimum atomic E-state index is -0.527. The Hall–Kier alpha value is -2.45. The van der Waals surface area contributed by atoms with Crippen molar-refractivity contribution < 1.29 is 14.3 Å². The number of nitrogens with zero attached hydrogens (tertiary/aromatic N) is 2. The Morgan fingerprint density at radius 2 is 1.87 bits per heavy atom. The normalized spacial score (nSPS) is 17.3. The summed E-state index contributed by atoms with van der Waals surface area (Å²) < 4.78 is 5.51. The van der Waals surface area contributed by atoms with Crippen molar-refractivity contribution in [1.82, 2.24) is 10.2 Å². The summed E-state index contributed by atoms with van der Waals surface area (Å²) >= 11 is 12.1. The van der Waals surface area contributed by atoms with Gasteiger partial charge in [0, 0.05) is 34.3 Å². The largest absolute Gasteiger partial charge is 0.377 e. The number of aliphatic imine (C=N–C) groups is 1. The number of hydrogen-bond acceptors (Lipinski definition) is 5. The van der Waals surface area contributed by atoms with E-state index < -0.39 is 6.17 Å². The summed E-state index contributed by atoms with van der Waals surface area (Å²) in [5.74, 6) is -0.470. The first-order valence-electron chi connectivity index (χ1n) is 9.33. The Morgan fingerprint density at radius 1 is 1.20 bits per heavy atom. The average Bonchev–Trinajstić information content (AvgIpc) is 2.76. The lowest BCUT2D eigenvalue weighted by Gasteiger charge is -2.35. The first-order valence-corrected chi connectivity index (χ1v) is 10.1. The van der Waals surface area contributed by atoms with Crippen molar-refractivity contribution in [3.05, 3.63) is 69.2 Å². The van der Waals surface area contributed by atoms with Crippen molar-refractivity contribution in [2.75, 3.05) is 26.3 Å². The van der Waals surface area contributed by atoms with Crippen molar-refractivity contribution in [3.63, 3.8) is 0 Å². The lowest BCUT2D eigenvalue weighted by Crippen LogP contribution is -2.53. The molecule has 1 fully saturated rings. The number of carbonyl (C=O) groups excluding carboxylic acids is 2. The molecule has 2 amide bonds. The van der Waals surface area contributed by atoms with Gasteiger partial charge in [0.1, 0.15) is 6.17 Å². The van der Waals surface area contributed by atoms with Gasteiger partial charge in [-0.15, -0.1) is 0 Å². The molecular formula is C21H22Cl2N4O3. The molecular weight excluding hydrogens is 427 g/mol. The second kappa shape index (κ2) is 10.0. The Balaban J connectivity index is 1.66. The van der Waals surface area contributed by atoms with Crippen molar-refractivity contribution >= 4 is 41.7 Å². The van der Waals surface area contributed by atoms with E-state index in [4.69, 9.17) is 33.7 Å². The molecule has 2 unspecified atom stereocenters. The molecule has 2 aromatic carbocycles. The van der Waals surface area contributed by atoms with Crippen LogP contribution >= 0.6 is 23.2 Å². The molecule has 1 aliphatic rings. The van der Waals surface area contributed by atoms with Gasteiger partial charge in [0.05, 0.1) is 19.3 Å². The molecule has 158 valence electrons. The minimum absolute atomic E-state index is 0.211. The summed E-state index contributed by atoms with van der Waals surface area (Å²) in [5, 5.41) is 3.63. The van der Waals surface area contributed by atoms with Gasteiger partial charge in [-0.2, -0.15) is 0 Å². The molecule has 3 rings (SSSR count). The number of nitrogens with one attached hydrogen (secondary N) is 1. The molecule has 0 saturated carbocycles. The van der Waals surface area contributed by atoms with Crippen LogP contribution in [0.25, 0.3) is 0 Å². The van der Waals surface area contributed by atoms with Crippen molar-refractivity contribution in [3.8, 4) is 0 Å². The number of morpholine rings is 1. The fourth-order valence-electron chi connectivity index (χ4n) is 3.18. The second-order valence-electron chi connectivity index (χ2n) is 6.84. The number of hydrogen-bond donors (Lipinski definition) is 2. The quantitative estimate of drug-likeness (QED) is 0.663. The van der Waals surface area contributed by atoms with Crippen molar-refractivity contribution in [2.24, 2.45) is 10.7 Å². The van der Waals surface area contributed by atoms with Gasteiger partial charge < -0.3 is 20.7 Å². The highest BCUT2D eigenvalue weighted by Crippen LogP contribution is 2.21. The molecule has 2 aromatic rings. The Morgan fingerprint density at radius 3 is 2.50 bits per heavy atom. The van der Waals surface area contributed by atoms with Gasteiger partial charge in [-0.05, 0) is 42.6 Å². The predicted octanol–water partition coefficient (Wildman–Crippen LogP) is 2.92. The maximum absolute atomic E-state index is 13.0. The molecule has 0 aromatic heterocycles. The van der Waals surface area contributed by atoms with E-state index in [1.165, 1.54) is 0 Å². The van der Waals surface area contributed by atoms with Crippen LogP contribution in [0, 0.1) is 0 Å². The number of halogens is 2. The van der Waals surface area contributed by atoms with Gasteiger partial charge in [0.2, 0.25) is 0 Å². The van der Waals surface area contributed by atoms with Crippen molar-refractivity contribution in [2.45, 2.75) is 12.2 Å². The molecule has 7 nitrogen and oxygen atoms in total. The highest BCUT2D eigenvalue weighted by Gasteiger charge is 2.29. The summed E-state index contributed by atoms with van der Waals surface area (Å²) in [5.41, 5.74) is 7.43. The van der Waals surface area contributed by atoms with Crippen LogP contribution in [0.15, 0.2) is 47.5 Å². The standard InChI is InChI=1S/C21H22Cl2N4O3/c1-25-19(24)13-2-4-14(5-3-13)20(28)26-11-18-12-30-7-6-27(18)21(29)15-8-16(22)10-17(23)9-15/h2-5,8-10,18-19H,1,6-7,11-12,24H2,(H,26,28). The van der Waals surface area contributed by atoms with Gasteiger partial charge in [0.25, 0.3) is 11.8 Å². The summed E-state index contributed by atoms with van der Waals surface area (Å²) in [6.07, 6.45) is -0.527. The van der Waals surface area contributed by atoms with Crippen LogP contribution in [0.5, 0.6) is 0 Å². The number of carbonyl (C=O) groups is 2. The first-order chi connectivity index (χ1) is 14.4.